The number of benzene rings is 1. The molecular weight excluding hydrogens is 379 g/mol. The molecule has 1 saturated heterocycles. The lowest BCUT2D eigenvalue weighted by Gasteiger charge is -2.20. The standard InChI is InChI=1S/C18H16Cl2N2O4/c1-18(17(24)25)7-8-22(10-18)16(23)11-5-6-14(21-9-11)26-13-4-2-3-12(19)15(13)20/h2-6,9H,7-8,10H2,1H3,(H,24,25). The summed E-state index contributed by atoms with van der Waals surface area (Å²) in [6, 6.07) is 8.14. The summed E-state index contributed by atoms with van der Waals surface area (Å²) in [4.78, 5) is 29.5. The molecule has 0 saturated carbocycles. The van der Waals surface area contributed by atoms with Crippen LogP contribution in [0, 0.1) is 5.41 Å². The third kappa shape index (κ3) is 3.61. The molecule has 0 radical (unpaired) electrons. The van der Waals surface area contributed by atoms with Crippen LogP contribution < -0.4 is 4.74 Å². The van der Waals surface area contributed by atoms with Gasteiger partial charge in [0.1, 0.15) is 10.8 Å². The molecule has 2 heterocycles. The van der Waals surface area contributed by atoms with Crippen LogP contribution in [0.25, 0.3) is 0 Å². The van der Waals surface area contributed by atoms with Gasteiger partial charge in [-0.3, -0.25) is 9.59 Å². The zero-order valence-electron chi connectivity index (χ0n) is 13.9. The number of hydrogen-bond acceptors (Lipinski definition) is 4. The van der Waals surface area contributed by atoms with Gasteiger partial charge in [0.25, 0.3) is 5.91 Å². The van der Waals surface area contributed by atoms with Crippen molar-refractivity contribution in [3.05, 3.63) is 52.1 Å². The van der Waals surface area contributed by atoms with E-state index in [1.807, 2.05) is 0 Å². The first kappa shape index (κ1) is 18.5. The minimum Gasteiger partial charge on any atom is -0.481 e. The highest BCUT2D eigenvalue weighted by molar-refractivity contribution is 6.42. The number of hydrogen-bond donors (Lipinski definition) is 1. The molecule has 0 aliphatic carbocycles. The maximum absolute atomic E-state index is 12.5. The lowest BCUT2D eigenvalue weighted by molar-refractivity contribution is -0.147. The van der Waals surface area contributed by atoms with E-state index < -0.39 is 11.4 Å². The Balaban J connectivity index is 1.71. The van der Waals surface area contributed by atoms with Gasteiger partial charge < -0.3 is 14.7 Å². The van der Waals surface area contributed by atoms with Crippen LogP contribution in [0.3, 0.4) is 0 Å². The van der Waals surface area contributed by atoms with Crippen LogP contribution in [0.1, 0.15) is 23.7 Å². The number of aliphatic carboxylic acids is 1. The van der Waals surface area contributed by atoms with Gasteiger partial charge in [0.2, 0.25) is 5.88 Å². The SMILES string of the molecule is CC1(C(=O)O)CCN(C(=O)c2ccc(Oc3cccc(Cl)c3Cl)nc2)C1. The number of carbonyl (C=O) groups excluding carboxylic acids is 1. The highest BCUT2D eigenvalue weighted by atomic mass is 35.5. The molecule has 1 atom stereocenters. The fourth-order valence-electron chi connectivity index (χ4n) is 2.73. The number of halogens is 2. The van der Waals surface area contributed by atoms with Gasteiger partial charge in [-0.1, -0.05) is 29.3 Å². The highest BCUT2D eigenvalue weighted by Gasteiger charge is 2.42. The van der Waals surface area contributed by atoms with Gasteiger partial charge in [0.15, 0.2) is 0 Å². The molecule has 3 rings (SSSR count). The third-order valence-corrected chi connectivity index (χ3v) is 5.19. The molecule has 26 heavy (non-hydrogen) atoms. The molecule has 1 aromatic carbocycles. The number of amides is 1. The average Bonchev–Trinajstić information content (AvgIpc) is 3.03. The van der Waals surface area contributed by atoms with Crippen molar-refractivity contribution in [2.24, 2.45) is 5.41 Å². The largest absolute Gasteiger partial charge is 0.481 e. The number of carbonyl (C=O) groups is 2. The van der Waals surface area contributed by atoms with Crippen molar-refractivity contribution in [2.45, 2.75) is 13.3 Å². The fraction of sp³-hybridized carbons (Fsp3) is 0.278. The molecule has 0 bridgehead atoms. The van der Waals surface area contributed by atoms with Crippen molar-refractivity contribution in [1.82, 2.24) is 9.88 Å². The first-order valence-corrected chi connectivity index (χ1v) is 8.66. The molecule has 8 heteroatoms. The number of nitrogens with zero attached hydrogens (tertiary/aromatic N) is 2. The van der Waals surface area contributed by atoms with Gasteiger partial charge in [0, 0.05) is 25.4 Å². The molecule has 1 N–H and O–H groups in total. The van der Waals surface area contributed by atoms with Gasteiger partial charge in [0.05, 0.1) is 16.0 Å². The summed E-state index contributed by atoms with van der Waals surface area (Å²) in [6.07, 6.45) is 1.82. The Morgan fingerprint density at radius 1 is 1.27 bits per heavy atom. The number of carboxylic acid groups (broad SMARTS) is 1. The number of pyridine rings is 1. The smallest absolute Gasteiger partial charge is 0.311 e. The average molecular weight is 395 g/mol. The summed E-state index contributed by atoms with van der Waals surface area (Å²) >= 11 is 12.0. The summed E-state index contributed by atoms with van der Waals surface area (Å²) in [5.74, 6) is -0.520. The quantitative estimate of drug-likeness (QED) is 0.843. The Bertz CT molecular complexity index is 857. The summed E-state index contributed by atoms with van der Waals surface area (Å²) in [7, 11) is 0. The molecule has 6 nitrogen and oxygen atoms in total. The fourth-order valence-corrected chi connectivity index (χ4v) is 3.06. The Kier molecular flexibility index (Phi) is 5.07. The van der Waals surface area contributed by atoms with E-state index in [2.05, 4.69) is 4.98 Å². The predicted octanol–water partition coefficient (Wildman–Crippen LogP) is 4.12. The Labute approximate surface area is 160 Å². The first-order valence-electron chi connectivity index (χ1n) is 7.91. The number of aromatic nitrogens is 1. The van der Waals surface area contributed by atoms with E-state index in [9.17, 15) is 14.7 Å². The van der Waals surface area contributed by atoms with E-state index in [-0.39, 0.29) is 23.4 Å². The lowest BCUT2D eigenvalue weighted by Crippen LogP contribution is -2.34. The summed E-state index contributed by atoms with van der Waals surface area (Å²) in [6.45, 7) is 2.22. The van der Waals surface area contributed by atoms with Crippen LogP contribution in [0.15, 0.2) is 36.5 Å². The normalized spacial score (nSPS) is 19.4. The maximum Gasteiger partial charge on any atom is 0.311 e. The molecule has 136 valence electrons. The molecule has 1 amide bonds. The van der Waals surface area contributed by atoms with E-state index in [4.69, 9.17) is 27.9 Å². The Morgan fingerprint density at radius 2 is 2.04 bits per heavy atom. The number of rotatable bonds is 4. The highest BCUT2D eigenvalue weighted by Crippen LogP contribution is 2.34. The van der Waals surface area contributed by atoms with Crippen molar-refractivity contribution < 1.29 is 19.4 Å². The van der Waals surface area contributed by atoms with E-state index in [0.29, 0.717) is 29.3 Å². The van der Waals surface area contributed by atoms with Gasteiger partial charge in [-0.05, 0) is 31.5 Å². The van der Waals surface area contributed by atoms with Crippen LogP contribution in [-0.4, -0.2) is 40.0 Å². The molecule has 0 spiro atoms. The van der Waals surface area contributed by atoms with Gasteiger partial charge in [-0.15, -0.1) is 0 Å². The zero-order valence-corrected chi connectivity index (χ0v) is 15.4. The van der Waals surface area contributed by atoms with Gasteiger partial charge in [-0.25, -0.2) is 4.98 Å². The molecule has 2 aromatic rings. The predicted molar refractivity (Wildman–Crippen MR) is 97.0 cm³/mol. The summed E-state index contributed by atoms with van der Waals surface area (Å²) in [5, 5.41) is 9.92. The van der Waals surface area contributed by atoms with Crippen molar-refractivity contribution >= 4 is 35.1 Å². The van der Waals surface area contributed by atoms with Crippen molar-refractivity contribution in [3.63, 3.8) is 0 Å². The van der Waals surface area contributed by atoms with Crippen molar-refractivity contribution in [3.8, 4) is 11.6 Å². The molecule has 1 fully saturated rings. The summed E-state index contributed by atoms with van der Waals surface area (Å²) in [5.41, 5.74) is -0.542. The van der Waals surface area contributed by atoms with Gasteiger partial charge in [-0.2, -0.15) is 0 Å². The topological polar surface area (TPSA) is 79.7 Å². The molecule has 1 aliphatic rings. The zero-order chi connectivity index (χ0) is 18.9. The minimum atomic E-state index is -0.907. The van der Waals surface area contributed by atoms with Crippen LogP contribution in [0.5, 0.6) is 11.6 Å². The van der Waals surface area contributed by atoms with E-state index >= 15 is 0 Å². The molecular formula is C18H16Cl2N2O4. The monoisotopic (exact) mass is 394 g/mol. The van der Waals surface area contributed by atoms with Gasteiger partial charge >= 0.3 is 5.97 Å². The molecule has 1 aliphatic heterocycles. The van der Waals surface area contributed by atoms with E-state index in [1.165, 1.54) is 11.1 Å². The Morgan fingerprint density at radius 3 is 2.65 bits per heavy atom. The second kappa shape index (κ2) is 7.13. The number of carboxylic acids is 1. The third-order valence-electron chi connectivity index (χ3n) is 4.39. The van der Waals surface area contributed by atoms with E-state index in [1.54, 1.807) is 37.3 Å². The van der Waals surface area contributed by atoms with Crippen LogP contribution in [-0.2, 0) is 4.79 Å². The summed E-state index contributed by atoms with van der Waals surface area (Å²) < 4.78 is 5.58. The maximum atomic E-state index is 12.5. The second-order valence-electron chi connectivity index (χ2n) is 6.38. The number of likely N-dealkylation sites (tertiary alicyclic amines) is 1. The number of ether oxygens (including phenoxy) is 1. The van der Waals surface area contributed by atoms with Crippen LogP contribution in [0.4, 0.5) is 0 Å². The van der Waals surface area contributed by atoms with Crippen molar-refractivity contribution in [1.29, 1.82) is 0 Å². The van der Waals surface area contributed by atoms with Crippen LogP contribution in [0.2, 0.25) is 10.0 Å². The first-order chi connectivity index (χ1) is 12.3. The van der Waals surface area contributed by atoms with E-state index in [0.717, 1.165) is 0 Å². The molecule has 1 unspecified atom stereocenters. The van der Waals surface area contributed by atoms with Crippen molar-refractivity contribution in [2.75, 3.05) is 13.1 Å². The minimum absolute atomic E-state index is 0.178. The lowest BCUT2D eigenvalue weighted by atomic mass is 9.90. The Hall–Kier alpha value is -2.31. The molecule has 1 aromatic heterocycles. The van der Waals surface area contributed by atoms with Crippen LogP contribution >= 0.6 is 23.2 Å². The second-order valence-corrected chi connectivity index (χ2v) is 7.17.